The summed E-state index contributed by atoms with van der Waals surface area (Å²) in [6.07, 6.45) is 4.26. The van der Waals surface area contributed by atoms with Crippen molar-refractivity contribution >= 4 is 17.7 Å². The number of carbonyl (C=O) groups is 3. The van der Waals surface area contributed by atoms with Crippen molar-refractivity contribution in [2.45, 2.75) is 76.6 Å². The Labute approximate surface area is 282 Å². The number of nitrogens with one attached hydrogen (secondary N) is 1. The molecule has 0 spiro atoms. The molecule has 0 aromatic heterocycles. The van der Waals surface area contributed by atoms with Crippen molar-refractivity contribution < 1.29 is 28.3 Å². The standard InChI is InChI=1S/C38H48F2N4O4/c1-6-38(41,7-2)21-11-14-35(46)43(4)34(23-27-15-18-30(19-16-27)29-12-9-8-10-13-29)37(48)44(5)33(36(47)42-25-26(3)45)24-28-17-20-31(39)32(40)22-28/h8-20,22,26,33-34,45H,6-7,21,23-25,41H2,1-5H3,(H,42,47)/b14-11+. The van der Waals surface area contributed by atoms with E-state index in [1.807, 2.05) is 68.4 Å². The van der Waals surface area contributed by atoms with Gasteiger partial charge in [0, 0.05) is 39.0 Å². The SMILES string of the molecule is CCC(N)(CC)C/C=C/C(=O)N(C)C(Cc1ccc(-c2ccccc2)cc1)C(=O)N(C)C(Cc1ccc(F)c(F)c1)C(=O)NCC(C)O. The van der Waals surface area contributed by atoms with Crippen LogP contribution in [0.15, 0.2) is 84.9 Å². The molecule has 48 heavy (non-hydrogen) atoms. The topological polar surface area (TPSA) is 116 Å². The molecule has 0 radical (unpaired) electrons. The number of nitrogens with two attached hydrogens (primary N) is 1. The second kappa shape index (κ2) is 17.7. The van der Waals surface area contributed by atoms with E-state index in [2.05, 4.69) is 5.32 Å². The molecule has 3 aromatic rings. The van der Waals surface area contributed by atoms with Gasteiger partial charge in [0.15, 0.2) is 11.6 Å². The Kier molecular flexibility index (Phi) is 14.0. The molecule has 3 unspecified atom stereocenters. The third-order valence-corrected chi connectivity index (χ3v) is 8.89. The first-order valence-corrected chi connectivity index (χ1v) is 16.3. The number of nitrogens with zero attached hydrogens (tertiary/aromatic N) is 2. The number of amides is 3. The van der Waals surface area contributed by atoms with Crippen molar-refractivity contribution in [1.82, 2.24) is 15.1 Å². The van der Waals surface area contributed by atoms with E-state index in [0.717, 1.165) is 41.7 Å². The monoisotopic (exact) mass is 662 g/mol. The second-order valence-corrected chi connectivity index (χ2v) is 12.4. The average molecular weight is 663 g/mol. The van der Waals surface area contributed by atoms with Gasteiger partial charge in [-0.3, -0.25) is 14.4 Å². The molecular formula is C38H48F2N4O4. The van der Waals surface area contributed by atoms with Gasteiger partial charge in [0.2, 0.25) is 17.7 Å². The summed E-state index contributed by atoms with van der Waals surface area (Å²) in [7, 11) is 2.98. The van der Waals surface area contributed by atoms with Crippen LogP contribution in [0.2, 0.25) is 0 Å². The van der Waals surface area contributed by atoms with Gasteiger partial charge in [0.05, 0.1) is 6.10 Å². The summed E-state index contributed by atoms with van der Waals surface area (Å²) in [6, 6.07) is 18.6. The second-order valence-electron chi connectivity index (χ2n) is 12.4. The van der Waals surface area contributed by atoms with Crippen LogP contribution in [0.3, 0.4) is 0 Å². The number of aliphatic hydroxyl groups is 1. The number of likely N-dealkylation sites (N-methyl/N-ethyl adjacent to an activating group) is 2. The van der Waals surface area contributed by atoms with E-state index in [9.17, 15) is 28.3 Å². The van der Waals surface area contributed by atoms with Crippen LogP contribution in [0, 0.1) is 11.6 Å². The van der Waals surface area contributed by atoms with Crippen LogP contribution in [-0.2, 0) is 27.2 Å². The third kappa shape index (κ3) is 10.6. The van der Waals surface area contributed by atoms with E-state index in [1.54, 1.807) is 6.08 Å². The third-order valence-electron chi connectivity index (χ3n) is 8.89. The van der Waals surface area contributed by atoms with Gasteiger partial charge in [-0.2, -0.15) is 0 Å². The minimum absolute atomic E-state index is 0.0757. The van der Waals surface area contributed by atoms with E-state index in [0.29, 0.717) is 12.0 Å². The zero-order valence-corrected chi connectivity index (χ0v) is 28.5. The molecule has 0 aliphatic rings. The lowest BCUT2D eigenvalue weighted by atomic mass is 9.90. The van der Waals surface area contributed by atoms with E-state index >= 15 is 0 Å². The molecule has 0 bridgehead atoms. The zero-order chi connectivity index (χ0) is 35.4. The normalized spacial score (nSPS) is 13.5. The first-order valence-electron chi connectivity index (χ1n) is 16.3. The summed E-state index contributed by atoms with van der Waals surface area (Å²) in [6.45, 7) is 5.41. The summed E-state index contributed by atoms with van der Waals surface area (Å²) in [4.78, 5) is 43.8. The van der Waals surface area contributed by atoms with E-state index < -0.39 is 53.1 Å². The molecule has 3 amide bonds. The average Bonchev–Trinajstić information content (AvgIpc) is 3.09. The lowest BCUT2D eigenvalue weighted by molar-refractivity contribution is -0.146. The van der Waals surface area contributed by atoms with Gasteiger partial charge in [0.1, 0.15) is 12.1 Å². The smallest absolute Gasteiger partial charge is 0.246 e. The molecule has 0 heterocycles. The number of benzene rings is 3. The lowest BCUT2D eigenvalue weighted by Gasteiger charge is -2.34. The number of hydrogen-bond acceptors (Lipinski definition) is 5. The summed E-state index contributed by atoms with van der Waals surface area (Å²) in [5.41, 5.74) is 9.08. The predicted octanol–water partition coefficient (Wildman–Crippen LogP) is 5.03. The highest BCUT2D eigenvalue weighted by molar-refractivity contribution is 5.95. The van der Waals surface area contributed by atoms with Gasteiger partial charge in [0.25, 0.3) is 0 Å². The fourth-order valence-corrected chi connectivity index (χ4v) is 5.33. The molecule has 0 aliphatic carbocycles. The number of halogens is 2. The Bertz CT molecular complexity index is 1540. The van der Waals surface area contributed by atoms with Crippen LogP contribution in [-0.4, -0.2) is 77.0 Å². The molecule has 0 saturated heterocycles. The van der Waals surface area contributed by atoms with E-state index in [-0.39, 0.29) is 19.4 Å². The molecule has 4 N–H and O–H groups in total. The summed E-state index contributed by atoms with van der Waals surface area (Å²) >= 11 is 0. The lowest BCUT2D eigenvalue weighted by Crippen LogP contribution is -2.56. The van der Waals surface area contributed by atoms with E-state index in [4.69, 9.17) is 5.73 Å². The molecular weight excluding hydrogens is 614 g/mol. The van der Waals surface area contributed by atoms with Crippen molar-refractivity contribution in [3.63, 3.8) is 0 Å². The molecule has 3 aromatic carbocycles. The Morgan fingerprint density at radius 1 is 0.854 bits per heavy atom. The molecule has 0 saturated carbocycles. The van der Waals surface area contributed by atoms with Crippen LogP contribution in [0.4, 0.5) is 8.78 Å². The van der Waals surface area contributed by atoms with Crippen molar-refractivity contribution in [2.75, 3.05) is 20.6 Å². The Morgan fingerprint density at radius 3 is 2.02 bits per heavy atom. The van der Waals surface area contributed by atoms with Crippen LogP contribution in [0.25, 0.3) is 11.1 Å². The highest BCUT2D eigenvalue weighted by atomic mass is 19.2. The van der Waals surface area contributed by atoms with Gasteiger partial charge < -0.3 is 26.0 Å². The number of rotatable bonds is 16. The molecule has 8 nitrogen and oxygen atoms in total. The first-order chi connectivity index (χ1) is 22.8. The molecule has 0 fully saturated rings. The first kappa shape index (κ1) is 38.0. The van der Waals surface area contributed by atoms with Crippen LogP contribution in [0.5, 0.6) is 0 Å². The van der Waals surface area contributed by atoms with Gasteiger partial charge in [-0.15, -0.1) is 0 Å². The van der Waals surface area contributed by atoms with Crippen molar-refractivity contribution in [1.29, 1.82) is 0 Å². The minimum atomic E-state index is -1.16. The summed E-state index contributed by atoms with van der Waals surface area (Å²) in [5, 5.41) is 12.4. The molecule has 3 rings (SSSR count). The maximum absolute atomic E-state index is 14.3. The molecule has 3 atom stereocenters. The van der Waals surface area contributed by atoms with Crippen molar-refractivity contribution in [3.05, 3.63) is 108 Å². The molecule has 0 aliphatic heterocycles. The van der Waals surface area contributed by atoms with E-state index in [1.165, 1.54) is 43.0 Å². The largest absolute Gasteiger partial charge is 0.392 e. The van der Waals surface area contributed by atoms with Crippen molar-refractivity contribution in [3.8, 4) is 11.1 Å². The van der Waals surface area contributed by atoms with Gasteiger partial charge in [-0.1, -0.05) is 80.6 Å². The van der Waals surface area contributed by atoms with Crippen LogP contribution in [0.1, 0.15) is 51.2 Å². The fraction of sp³-hybridized carbons (Fsp3) is 0.395. The number of aliphatic hydroxyl groups excluding tert-OH is 1. The maximum atomic E-state index is 14.3. The summed E-state index contributed by atoms with van der Waals surface area (Å²) in [5.74, 6) is -3.63. The minimum Gasteiger partial charge on any atom is -0.392 e. The molecule has 258 valence electrons. The van der Waals surface area contributed by atoms with Gasteiger partial charge in [-0.25, -0.2) is 8.78 Å². The number of hydrogen-bond donors (Lipinski definition) is 3. The highest BCUT2D eigenvalue weighted by Gasteiger charge is 2.35. The fourth-order valence-electron chi connectivity index (χ4n) is 5.33. The Balaban J connectivity index is 1.96. The Morgan fingerprint density at radius 2 is 1.44 bits per heavy atom. The number of carbonyl (C=O) groups excluding carboxylic acids is 3. The quantitative estimate of drug-likeness (QED) is 0.186. The van der Waals surface area contributed by atoms with Gasteiger partial charge >= 0.3 is 0 Å². The van der Waals surface area contributed by atoms with Crippen LogP contribution < -0.4 is 11.1 Å². The summed E-state index contributed by atoms with van der Waals surface area (Å²) < 4.78 is 27.8. The predicted molar refractivity (Wildman–Crippen MR) is 185 cm³/mol. The van der Waals surface area contributed by atoms with Crippen molar-refractivity contribution in [2.24, 2.45) is 5.73 Å². The molecule has 10 heteroatoms. The van der Waals surface area contributed by atoms with Crippen LogP contribution >= 0.6 is 0 Å². The van der Waals surface area contributed by atoms with Gasteiger partial charge in [-0.05, 0) is 66.6 Å². The maximum Gasteiger partial charge on any atom is 0.246 e. The zero-order valence-electron chi connectivity index (χ0n) is 28.5. The Hall–Kier alpha value is -4.41. The highest BCUT2D eigenvalue weighted by Crippen LogP contribution is 2.22.